The number of thioether (sulfide) groups is 1. The van der Waals surface area contributed by atoms with Crippen LogP contribution in [0.15, 0.2) is 0 Å². The first-order chi connectivity index (χ1) is 7.91. The molecule has 0 saturated heterocycles. The van der Waals surface area contributed by atoms with Gasteiger partial charge in [-0.25, -0.2) is 0 Å². The topological polar surface area (TPSA) is 9.23 Å². The molecule has 0 unspecified atom stereocenters. The van der Waals surface area contributed by atoms with Gasteiger partial charge in [0.15, 0.2) is 0 Å². The summed E-state index contributed by atoms with van der Waals surface area (Å²) in [4.78, 5) is 0. The van der Waals surface area contributed by atoms with Crippen molar-refractivity contribution in [2.24, 2.45) is 0 Å². The first-order valence-corrected chi connectivity index (χ1v) is 8.82. The van der Waals surface area contributed by atoms with E-state index in [9.17, 15) is 0 Å². The monoisotopic (exact) mass is 310 g/mol. The Morgan fingerprint density at radius 1 is 0.812 bits per heavy atom. The zero-order valence-electron chi connectivity index (χ0n) is 10.7. The highest BCUT2D eigenvalue weighted by Gasteiger charge is 1.93. The second-order valence-corrected chi connectivity index (χ2v) is 6.14. The summed E-state index contributed by atoms with van der Waals surface area (Å²) in [5, 5.41) is 1.17. The lowest BCUT2D eigenvalue weighted by atomic mass is 10.1. The summed E-state index contributed by atoms with van der Waals surface area (Å²) in [5.74, 6) is 2.60. The minimum absolute atomic E-state index is 0.917. The van der Waals surface area contributed by atoms with Gasteiger partial charge in [-0.05, 0) is 30.8 Å². The molecule has 0 saturated carbocycles. The predicted molar refractivity (Wildman–Crippen MR) is 79.9 cm³/mol. The van der Waals surface area contributed by atoms with Crippen LogP contribution >= 0.6 is 27.7 Å². The third kappa shape index (κ3) is 14.8. The summed E-state index contributed by atoms with van der Waals surface area (Å²) >= 11 is 5.55. The first-order valence-electron chi connectivity index (χ1n) is 6.54. The third-order valence-electron chi connectivity index (χ3n) is 2.56. The molecule has 0 bridgehead atoms. The van der Waals surface area contributed by atoms with Crippen LogP contribution < -0.4 is 0 Å². The van der Waals surface area contributed by atoms with Gasteiger partial charge in [0.25, 0.3) is 0 Å². The SMILES string of the molecule is COCCCSCCCCCCCCCBr. The molecule has 16 heavy (non-hydrogen) atoms. The van der Waals surface area contributed by atoms with Crippen molar-refractivity contribution in [2.75, 3.05) is 30.6 Å². The van der Waals surface area contributed by atoms with Gasteiger partial charge in [-0.1, -0.05) is 48.0 Å². The third-order valence-corrected chi connectivity index (χ3v) is 4.27. The van der Waals surface area contributed by atoms with Crippen molar-refractivity contribution in [3.05, 3.63) is 0 Å². The fourth-order valence-electron chi connectivity index (χ4n) is 1.59. The van der Waals surface area contributed by atoms with E-state index in [0.29, 0.717) is 0 Å². The Labute approximate surface area is 114 Å². The summed E-state index contributed by atoms with van der Waals surface area (Å²) in [6, 6.07) is 0. The molecule has 0 aliphatic carbocycles. The minimum atomic E-state index is 0.917. The summed E-state index contributed by atoms with van der Waals surface area (Å²) in [6.07, 6.45) is 11.1. The van der Waals surface area contributed by atoms with Crippen LogP contribution in [0.1, 0.15) is 51.4 Å². The Bertz CT molecular complexity index is 109. The lowest BCUT2D eigenvalue weighted by Crippen LogP contribution is -1.91. The molecular formula is C13H27BrOS. The van der Waals surface area contributed by atoms with Gasteiger partial charge in [0, 0.05) is 19.0 Å². The van der Waals surface area contributed by atoms with Crippen LogP contribution in [0.5, 0.6) is 0 Å². The molecule has 0 aromatic rings. The quantitative estimate of drug-likeness (QED) is 0.354. The van der Waals surface area contributed by atoms with Gasteiger partial charge in [0.1, 0.15) is 0 Å². The van der Waals surface area contributed by atoms with E-state index in [0.717, 1.165) is 6.61 Å². The summed E-state index contributed by atoms with van der Waals surface area (Å²) in [5.41, 5.74) is 0. The van der Waals surface area contributed by atoms with E-state index in [1.54, 1.807) is 7.11 Å². The van der Waals surface area contributed by atoms with Crippen LogP contribution in [0, 0.1) is 0 Å². The van der Waals surface area contributed by atoms with Crippen molar-refractivity contribution in [1.29, 1.82) is 0 Å². The maximum atomic E-state index is 5.02. The fraction of sp³-hybridized carbons (Fsp3) is 1.00. The molecule has 0 atom stereocenters. The lowest BCUT2D eigenvalue weighted by molar-refractivity contribution is 0.200. The number of rotatable bonds is 13. The first kappa shape index (κ1) is 16.8. The average molecular weight is 311 g/mol. The number of ether oxygens (including phenoxy) is 1. The van der Waals surface area contributed by atoms with Gasteiger partial charge in [-0.2, -0.15) is 11.8 Å². The number of alkyl halides is 1. The molecule has 0 aliphatic heterocycles. The van der Waals surface area contributed by atoms with E-state index in [-0.39, 0.29) is 0 Å². The number of hydrogen-bond acceptors (Lipinski definition) is 2. The Morgan fingerprint density at radius 2 is 1.38 bits per heavy atom. The molecule has 0 fully saturated rings. The largest absolute Gasteiger partial charge is 0.385 e. The van der Waals surface area contributed by atoms with Gasteiger partial charge < -0.3 is 4.74 Å². The highest BCUT2D eigenvalue weighted by molar-refractivity contribution is 9.09. The van der Waals surface area contributed by atoms with Crippen LogP contribution in [-0.4, -0.2) is 30.6 Å². The zero-order chi connectivity index (χ0) is 11.9. The second-order valence-electron chi connectivity index (χ2n) is 4.12. The average Bonchev–Trinajstić information content (AvgIpc) is 2.31. The highest BCUT2D eigenvalue weighted by Crippen LogP contribution is 2.11. The molecule has 1 nitrogen and oxygen atoms in total. The number of unbranched alkanes of at least 4 members (excludes halogenated alkanes) is 6. The van der Waals surface area contributed by atoms with Gasteiger partial charge >= 0.3 is 0 Å². The van der Waals surface area contributed by atoms with Crippen molar-refractivity contribution in [3.8, 4) is 0 Å². The normalized spacial score (nSPS) is 10.9. The van der Waals surface area contributed by atoms with E-state index in [1.165, 1.54) is 68.2 Å². The van der Waals surface area contributed by atoms with Crippen LogP contribution in [0.4, 0.5) is 0 Å². The minimum Gasteiger partial charge on any atom is -0.385 e. The molecule has 0 rings (SSSR count). The Hall–Kier alpha value is 0.790. The molecular weight excluding hydrogens is 284 g/mol. The van der Waals surface area contributed by atoms with Crippen LogP contribution in [-0.2, 0) is 4.74 Å². The lowest BCUT2D eigenvalue weighted by Gasteiger charge is -2.02. The molecule has 0 aromatic carbocycles. The summed E-state index contributed by atoms with van der Waals surface area (Å²) < 4.78 is 5.02. The smallest absolute Gasteiger partial charge is 0.0470 e. The highest BCUT2D eigenvalue weighted by atomic mass is 79.9. The molecule has 3 heteroatoms. The molecule has 0 heterocycles. The van der Waals surface area contributed by atoms with Crippen molar-refractivity contribution in [1.82, 2.24) is 0 Å². The zero-order valence-corrected chi connectivity index (χ0v) is 13.1. The molecule has 0 N–H and O–H groups in total. The van der Waals surface area contributed by atoms with Gasteiger partial charge in [0.05, 0.1) is 0 Å². The van der Waals surface area contributed by atoms with E-state index >= 15 is 0 Å². The molecule has 0 spiro atoms. The molecule has 0 amide bonds. The van der Waals surface area contributed by atoms with Crippen LogP contribution in [0.3, 0.4) is 0 Å². The number of hydrogen-bond donors (Lipinski definition) is 0. The van der Waals surface area contributed by atoms with Gasteiger partial charge in [-0.3, -0.25) is 0 Å². The number of halogens is 1. The van der Waals surface area contributed by atoms with Crippen LogP contribution in [0.2, 0.25) is 0 Å². The van der Waals surface area contributed by atoms with E-state index < -0.39 is 0 Å². The maximum Gasteiger partial charge on any atom is 0.0470 e. The molecule has 0 aliphatic rings. The Kier molecular flexibility index (Phi) is 16.6. The van der Waals surface area contributed by atoms with Crippen LogP contribution in [0.25, 0.3) is 0 Å². The van der Waals surface area contributed by atoms with Crippen molar-refractivity contribution in [2.45, 2.75) is 51.4 Å². The molecule has 0 aromatic heterocycles. The fourth-order valence-corrected chi connectivity index (χ4v) is 2.92. The maximum absolute atomic E-state index is 5.02. The van der Waals surface area contributed by atoms with Gasteiger partial charge in [0.2, 0.25) is 0 Å². The number of methoxy groups -OCH3 is 1. The van der Waals surface area contributed by atoms with Gasteiger partial charge in [-0.15, -0.1) is 0 Å². The van der Waals surface area contributed by atoms with E-state index in [4.69, 9.17) is 4.74 Å². The molecule has 0 radical (unpaired) electrons. The van der Waals surface area contributed by atoms with Crippen molar-refractivity contribution in [3.63, 3.8) is 0 Å². The van der Waals surface area contributed by atoms with Crippen molar-refractivity contribution < 1.29 is 4.74 Å². The second kappa shape index (κ2) is 15.8. The Morgan fingerprint density at radius 3 is 2.00 bits per heavy atom. The van der Waals surface area contributed by atoms with Crippen molar-refractivity contribution >= 4 is 27.7 Å². The Balaban J connectivity index is 2.83. The summed E-state index contributed by atoms with van der Waals surface area (Å²) in [6.45, 7) is 0.917. The molecule has 98 valence electrons. The van der Waals surface area contributed by atoms with E-state index in [1.807, 2.05) is 0 Å². The van der Waals surface area contributed by atoms with E-state index in [2.05, 4.69) is 27.7 Å². The standard InChI is InChI=1S/C13H27BrOS/c1-15-11-9-13-16-12-8-6-4-2-3-5-7-10-14/h2-13H2,1H3. The predicted octanol–water partition coefficient (Wildman–Crippen LogP) is 4.88. The summed E-state index contributed by atoms with van der Waals surface area (Å²) in [7, 11) is 1.78.